The minimum atomic E-state index is -3.59. The monoisotopic (exact) mass is 551 g/mol. The Morgan fingerprint density at radius 1 is 1.11 bits per heavy atom. The van der Waals surface area contributed by atoms with Crippen LogP contribution in [-0.2, 0) is 26.2 Å². The molecule has 0 aliphatic heterocycles. The molecule has 0 radical (unpaired) electrons. The number of benzene rings is 2. The van der Waals surface area contributed by atoms with Crippen molar-refractivity contribution in [2.75, 3.05) is 24.2 Å². The van der Waals surface area contributed by atoms with Gasteiger partial charge in [-0.2, -0.15) is 0 Å². The molecule has 0 fully saturated rings. The van der Waals surface area contributed by atoms with Crippen molar-refractivity contribution < 1.29 is 22.7 Å². The van der Waals surface area contributed by atoms with E-state index in [0.717, 1.165) is 11.8 Å². The van der Waals surface area contributed by atoms with Crippen molar-refractivity contribution in [3.05, 3.63) is 59.1 Å². The van der Waals surface area contributed by atoms with E-state index in [9.17, 15) is 18.0 Å². The molecule has 0 saturated heterocycles. The molecule has 8 nitrogen and oxygen atoms in total. The van der Waals surface area contributed by atoms with Crippen LogP contribution in [0.2, 0.25) is 5.02 Å². The highest BCUT2D eigenvalue weighted by Crippen LogP contribution is 2.24. The van der Waals surface area contributed by atoms with Gasteiger partial charge in [-0.05, 0) is 63.4 Å². The van der Waals surface area contributed by atoms with Gasteiger partial charge in [-0.3, -0.25) is 13.9 Å². The number of hydrogen-bond donors (Lipinski definition) is 1. The summed E-state index contributed by atoms with van der Waals surface area (Å²) in [5.74, 6) is 0.0726. The molecule has 1 unspecified atom stereocenters. The summed E-state index contributed by atoms with van der Waals surface area (Å²) in [6.45, 7) is 7.88. The molecule has 1 N–H and O–H groups in total. The zero-order valence-corrected chi connectivity index (χ0v) is 24.0. The van der Waals surface area contributed by atoms with Gasteiger partial charge in [0.1, 0.15) is 11.8 Å². The van der Waals surface area contributed by atoms with Crippen molar-refractivity contribution in [3.8, 4) is 5.75 Å². The number of nitrogens with one attached hydrogen (secondary N) is 1. The van der Waals surface area contributed by atoms with Gasteiger partial charge in [-0.1, -0.05) is 36.7 Å². The standard InChI is InChI=1S/C27H38ClN3O5S/c1-7-24(26(33)29-27(2,3)4)30(19-20-13-15-21(28)16-14-20)25(32)12-9-17-31(37(6,34)35)22-10-8-11-23(18-22)36-5/h8,10-11,13-16,18,24H,7,9,12,17,19H2,1-6H3,(H,29,33). The Morgan fingerprint density at radius 3 is 2.30 bits per heavy atom. The molecule has 204 valence electrons. The second kappa shape index (κ2) is 13.1. The van der Waals surface area contributed by atoms with Crippen LogP contribution in [0, 0.1) is 0 Å². The third-order valence-electron chi connectivity index (χ3n) is 5.64. The molecule has 2 rings (SSSR count). The fourth-order valence-corrected chi connectivity index (χ4v) is 5.01. The molecular formula is C27H38ClN3O5S. The summed E-state index contributed by atoms with van der Waals surface area (Å²) in [6, 6.07) is 13.2. The van der Waals surface area contributed by atoms with Crippen LogP contribution in [0.1, 0.15) is 52.5 Å². The number of methoxy groups -OCH3 is 1. The van der Waals surface area contributed by atoms with Crippen LogP contribution in [0.15, 0.2) is 48.5 Å². The summed E-state index contributed by atoms with van der Waals surface area (Å²) in [4.78, 5) is 28.2. The first-order chi connectivity index (χ1) is 17.2. The number of halogens is 1. The quantitative estimate of drug-likeness (QED) is 0.415. The van der Waals surface area contributed by atoms with Gasteiger partial charge >= 0.3 is 0 Å². The van der Waals surface area contributed by atoms with E-state index >= 15 is 0 Å². The summed E-state index contributed by atoms with van der Waals surface area (Å²) >= 11 is 6.02. The molecule has 2 aromatic carbocycles. The molecule has 0 aliphatic rings. The van der Waals surface area contributed by atoms with Crippen molar-refractivity contribution in [1.29, 1.82) is 0 Å². The van der Waals surface area contributed by atoms with Gasteiger partial charge in [0.05, 0.1) is 19.1 Å². The van der Waals surface area contributed by atoms with E-state index < -0.39 is 21.6 Å². The number of carbonyl (C=O) groups is 2. The molecule has 37 heavy (non-hydrogen) atoms. The molecule has 0 aromatic heterocycles. The van der Waals surface area contributed by atoms with Crippen molar-refractivity contribution >= 4 is 39.1 Å². The molecule has 10 heteroatoms. The van der Waals surface area contributed by atoms with Crippen LogP contribution >= 0.6 is 11.6 Å². The summed E-state index contributed by atoms with van der Waals surface area (Å²) in [5.41, 5.74) is 0.851. The van der Waals surface area contributed by atoms with E-state index in [1.54, 1.807) is 41.3 Å². The third kappa shape index (κ3) is 9.55. The SMILES string of the molecule is CCC(C(=O)NC(C)(C)C)N(Cc1ccc(Cl)cc1)C(=O)CCCN(c1cccc(OC)c1)S(C)(=O)=O. The highest BCUT2D eigenvalue weighted by Gasteiger charge is 2.30. The van der Waals surface area contributed by atoms with Gasteiger partial charge in [0.25, 0.3) is 0 Å². The molecule has 0 saturated carbocycles. The highest BCUT2D eigenvalue weighted by atomic mass is 35.5. The summed E-state index contributed by atoms with van der Waals surface area (Å²) in [7, 11) is -2.08. The van der Waals surface area contributed by atoms with Gasteiger partial charge < -0.3 is 15.0 Å². The summed E-state index contributed by atoms with van der Waals surface area (Å²) < 4.78 is 31.5. The minimum Gasteiger partial charge on any atom is -0.497 e. The van der Waals surface area contributed by atoms with Crippen LogP contribution in [0.25, 0.3) is 0 Å². The van der Waals surface area contributed by atoms with E-state index in [2.05, 4.69) is 5.32 Å². The molecule has 0 spiro atoms. The van der Waals surface area contributed by atoms with Crippen LogP contribution in [0.4, 0.5) is 5.69 Å². The molecule has 0 aliphatic carbocycles. The predicted molar refractivity (Wildman–Crippen MR) is 148 cm³/mol. The number of amides is 2. The molecular weight excluding hydrogens is 514 g/mol. The molecule has 2 amide bonds. The lowest BCUT2D eigenvalue weighted by Gasteiger charge is -2.33. The minimum absolute atomic E-state index is 0.0723. The van der Waals surface area contributed by atoms with Crippen LogP contribution in [0.5, 0.6) is 5.75 Å². The van der Waals surface area contributed by atoms with E-state index in [4.69, 9.17) is 16.3 Å². The number of hydrogen-bond acceptors (Lipinski definition) is 5. The average molecular weight is 552 g/mol. The largest absolute Gasteiger partial charge is 0.497 e. The second-order valence-corrected chi connectivity index (χ2v) is 12.3. The van der Waals surface area contributed by atoms with Gasteiger partial charge in [-0.25, -0.2) is 8.42 Å². The average Bonchev–Trinajstić information content (AvgIpc) is 2.81. The normalized spacial score (nSPS) is 12.5. The lowest BCUT2D eigenvalue weighted by molar-refractivity contribution is -0.142. The fraction of sp³-hybridized carbons (Fsp3) is 0.481. The zero-order valence-electron chi connectivity index (χ0n) is 22.5. The summed E-state index contributed by atoms with van der Waals surface area (Å²) in [6.07, 6.45) is 1.91. The Labute approximate surface area is 226 Å². The fourth-order valence-electron chi connectivity index (χ4n) is 3.93. The predicted octanol–water partition coefficient (Wildman–Crippen LogP) is 4.62. The van der Waals surface area contributed by atoms with Crippen LogP contribution in [-0.4, -0.2) is 56.6 Å². The van der Waals surface area contributed by atoms with Crippen molar-refractivity contribution in [1.82, 2.24) is 10.2 Å². The van der Waals surface area contributed by atoms with Gasteiger partial charge in [0.15, 0.2) is 0 Å². The number of ether oxygens (including phenoxy) is 1. The smallest absolute Gasteiger partial charge is 0.243 e. The number of carbonyl (C=O) groups excluding carboxylic acids is 2. The molecule has 2 aromatic rings. The van der Waals surface area contributed by atoms with E-state index in [0.29, 0.717) is 22.9 Å². The first kappa shape index (κ1) is 30.4. The maximum absolute atomic E-state index is 13.5. The van der Waals surface area contributed by atoms with Crippen LogP contribution < -0.4 is 14.4 Å². The van der Waals surface area contributed by atoms with Gasteiger partial charge in [0, 0.05) is 36.1 Å². The highest BCUT2D eigenvalue weighted by molar-refractivity contribution is 7.92. The molecule has 1 atom stereocenters. The number of rotatable bonds is 12. The number of anilines is 1. The van der Waals surface area contributed by atoms with Crippen molar-refractivity contribution in [2.24, 2.45) is 0 Å². The maximum Gasteiger partial charge on any atom is 0.243 e. The van der Waals surface area contributed by atoms with E-state index in [1.165, 1.54) is 11.4 Å². The maximum atomic E-state index is 13.5. The number of nitrogens with zero attached hydrogens (tertiary/aromatic N) is 2. The molecule has 0 bridgehead atoms. The Kier molecular flexibility index (Phi) is 10.8. The lowest BCUT2D eigenvalue weighted by Crippen LogP contribution is -2.53. The topological polar surface area (TPSA) is 96.0 Å². The Hall–Kier alpha value is -2.78. The van der Waals surface area contributed by atoms with E-state index in [-0.39, 0.29) is 37.7 Å². The Morgan fingerprint density at radius 2 is 1.76 bits per heavy atom. The molecule has 0 heterocycles. The first-order valence-corrected chi connectivity index (χ1v) is 14.5. The third-order valence-corrected chi connectivity index (χ3v) is 7.09. The van der Waals surface area contributed by atoms with Gasteiger partial charge in [-0.15, -0.1) is 0 Å². The first-order valence-electron chi connectivity index (χ1n) is 12.2. The lowest BCUT2D eigenvalue weighted by atomic mass is 10.0. The summed E-state index contributed by atoms with van der Waals surface area (Å²) in [5, 5.41) is 3.55. The van der Waals surface area contributed by atoms with Gasteiger partial charge in [0.2, 0.25) is 21.8 Å². The van der Waals surface area contributed by atoms with Crippen molar-refractivity contribution in [2.45, 2.75) is 65.1 Å². The second-order valence-electron chi connectivity index (χ2n) is 9.95. The van der Waals surface area contributed by atoms with Crippen molar-refractivity contribution in [3.63, 3.8) is 0 Å². The Bertz CT molecular complexity index is 1160. The zero-order chi connectivity index (χ0) is 27.8. The Balaban J connectivity index is 2.24. The van der Waals surface area contributed by atoms with E-state index in [1.807, 2.05) is 39.8 Å². The number of sulfonamides is 1. The van der Waals surface area contributed by atoms with Crippen LogP contribution in [0.3, 0.4) is 0 Å².